The molecule has 0 saturated carbocycles. The van der Waals surface area contributed by atoms with E-state index in [9.17, 15) is 14.4 Å². The highest BCUT2D eigenvalue weighted by Crippen LogP contribution is 2.32. The van der Waals surface area contributed by atoms with Gasteiger partial charge in [-0.2, -0.15) is 4.98 Å². The van der Waals surface area contributed by atoms with Crippen LogP contribution in [0.1, 0.15) is 57.3 Å². The monoisotopic (exact) mass is 572 g/mol. The lowest BCUT2D eigenvalue weighted by atomic mass is 9.93. The highest BCUT2D eigenvalue weighted by atomic mass is 32.2. The molecule has 13 heteroatoms. The Morgan fingerprint density at radius 2 is 1.93 bits per heavy atom. The Labute approximate surface area is 238 Å². The predicted molar refractivity (Wildman–Crippen MR) is 151 cm³/mol. The molecule has 2 aromatic heterocycles. The van der Waals surface area contributed by atoms with Gasteiger partial charge in [-0.25, -0.2) is 14.8 Å². The number of esters is 1. The van der Waals surface area contributed by atoms with Crippen LogP contribution in [-0.4, -0.2) is 77.6 Å². The molecule has 4 heterocycles. The van der Waals surface area contributed by atoms with Gasteiger partial charge in [0, 0.05) is 19.5 Å². The van der Waals surface area contributed by atoms with E-state index in [0.29, 0.717) is 29.8 Å². The Morgan fingerprint density at radius 1 is 1.18 bits per heavy atom. The number of amides is 2. The number of fused-ring (bicyclic) bond motifs is 1. The first-order chi connectivity index (χ1) is 19.1. The van der Waals surface area contributed by atoms with Crippen LogP contribution in [0, 0.1) is 5.92 Å². The summed E-state index contributed by atoms with van der Waals surface area (Å²) < 4.78 is 16.3. The second-order valence-electron chi connectivity index (χ2n) is 10.5. The Morgan fingerprint density at radius 3 is 2.55 bits per heavy atom. The number of anilines is 3. The summed E-state index contributed by atoms with van der Waals surface area (Å²) in [6, 6.07) is 3.72. The van der Waals surface area contributed by atoms with Crippen LogP contribution >= 0.6 is 11.8 Å². The summed E-state index contributed by atoms with van der Waals surface area (Å²) >= 11 is 1.26. The smallest absolute Gasteiger partial charge is 0.413 e. The van der Waals surface area contributed by atoms with Gasteiger partial charge >= 0.3 is 12.1 Å². The van der Waals surface area contributed by atoms with Crippen molar-refractivity contribution < 1.29 is 28.6 Å². The summed E-state index contributed by atoms with van der Waals surface area (Å²) in [7, 11) is 0. The number of piperidine rings is 1. The van der Waals surface area contributed by atoms with Crippen molar-refractivity contribution in [1.82, 2.24) is 15.0 Å². The molecule has 2 aromatic rings. The molecule has 40 heavy (non-hydrogen) atoms. The second-order valence-corrected chi connectivity index (χ2v) is 11.3. The molecular weight excluding hydrogens is 536 g/mol. The molecule has 12 nitrogen and oxygen atoms in total. The quantitative estimate of drug-likeness (QED) is 0.291. The van der Waals surface area contributed by atoms with E-state index in [2.05, 4.69) is 25.2 Å². The fourth-order valence-corrected chi connectivity index (χ4v) is 4.92. The minimum Gasteiger partial charge on any atom is -0.475 e. The van der Waals surface area contributed by atoms with E-state index in [1.54, 1.807) is 33.2 Å². The minimum atomic E-state index is -0.735. The topological polar surface area (TPSA) is 136 Å². The lowest BCUT2D eigenvalue weighted by Crippen LogP contribution is -2.35. The van der Waals surface area contributed by atoms with Crippen LogP contribution in [0.3, 0.4) is 0 Å². The van der Waals surface area contributed by atoms with Crippen molar-refractivity contribution in [3.05, 3.63) is 23.9 Å². The number of thioether (sulfide) groups is 1. The van der Waals surface area contributed by atoms with Crippen LogP contribution in [0.15, 0.2) is 23.5 Å². The maximum absolute atomic E-state index is 13.8. The van der Waals surface area contributed by atoms with E-state index < -0.39 is 17.6 Å². The third kappa shape index (κ3) is 7.32. The van der Waals surface area contributed by atoms with Crippen LogP contribution in [-0.2, 0) is 14.3 Å². The van der Waals surface area contributed by atoms with Crippen molar-refractivity contribution in [2.45, 2.75) is 57.7 Å². The Bertz CT molecular complexity index is 1230. The number of nitrogens with one attached hydrogen (secondary N) is 1. The van der Waals surface area contributed by atoms with Crippen LogP contribution < -0.4 is 19.9 Å². The molecule has 0 bridgehead atoms. The molecule has 0 spiro atoms. The number of pyridine rings is 1. The number of carbonyl (C=O) groups is 3. The number of aromatic nitrogens is 3. The van der Waals surface area contributed by atoms with Gasteiger partial charge in [0.1, 0.15) is 23.6 Å². The van der Waals surface area contributed by atoms with Crippen molar-refractivity contribution in [2.24, 2.45) is 5.92 Å². The molecule has 0 radical (unpaired) electrons. The molecule has 1 fully saturated rings. The van der Waals surface area contributed by atoms with Gasteiger partial charge in [0.05, 0.1) is 25.0 Å². The van der Waals surface area contributed by atoms with Gasteiger partial charge in [-0.05, 0) is 64.8 Å². The summed E-state index contributed by atoms with van der Waals surface area (Å²) in [6.07, 6.45) is 4.92. The Balaban J connectivity index is 1.50. The van der Waals surface area contributed by atoms with E-state index in [4.69, 9.17) is 14.2 Å². The number of ether oxygens (including phenoxy) is 3. The zero-order chi connectivity index (χ0) is 28.9. The summed E-state index contributed by atoms with van der Waals surface area (Å²) in [5.41, 5.74) is -0.0968. The van der Waals surface area contributed by atoms with Crippen molar-refractivity contribution >= 4 is 47.1 Å². The van der Waals surface area contributed by atoms with Gasteiger partial charge in [0.2, 0.25) is 5.88 Å². The van der Waals surface area contributed by atoms with Crippen LogP contribution in [0.4, 0.5) is 22.1 Å². The zero-order valence-corrected chi connectivity index (χ0v) is 24.4. The maximum atomic E-state index is 13.8. The molecule has 4 rings (SSSR count). The van der Waals surface area contributed by atoms with E-state index in [1.165, 1.54) is 16.7 Å². The molecule has 2 amide bonds. The average molecular weight is 573 g/mol. The van der Waals surface area contributed by atoms with Gasteiger partial charge < -0.3 is 24.0 Å². The summed E-state index contributed by atoms with van der Waals surface area (Å²) in [5, 5.41) is 2.95. The molecule has 2 aliphatic rings. The van der Waals surface area contributed by atoms with E-state index in [0.717, 1.165) is 31.7 Å². The summed E-state index contributed by atoms with van der Waals surface area (Å²) in [4.78, 5) is 55.2. The molecule has 0 aliphatic carbocycles. The molecule has 216 valence electrons. The molecule has 1 N–H and O–H groups in total. The van der Waals surface area contributed by atoms with Crippen molar-refractivity contribution in [1.29, 1.82) is 0 Å². The Hall–Kier alpha value is -3.61. The highest BCUT2D eigenvalue weighted by molar-refractivity contribution is 7.98. The first-order valence-electron chi connectivity index (χ1n) is 13.3. The zero-order valence-electron chi connectivity index (χ0n) is 23.6. The SMILES string of the molecule is CCOC(=O)CC1CCN(c2ccc(N3CCOc4nc(SC)nc(NC(=O)OC(C)(C)C)c4C3=O)cn2)CC1. The van der Waals surface area contributed by atoms with Crippen molar-refractivity contribution in [2.75, 3.05) is 54.2 Å². The first-order valence-corrected chi connectivity index (χ1v) is 14.6. The fraction of sp³-hybridized carbons (Fsp3) is 0.556. The van der Waals surface area contributed by atoms with Crippen LogP contribution in [0.25, 0.3) is 0 Å². The highest BCUT2D eigenvalue weighted by Gasteiger charge is 2.32. The molecular formula is C27H36N6O6S. The van der Waals surface area contributed by atoms with E-state index >= 15 is 0 Å². The van der Waals surface area contributed by atoms with Crippen molar-refractivity contribution in [3.63, 3.8) is 0 Å². The number of hydrogen-bond acceptors (Lipinski definition) is 11. The predicted octanol–water partition coefficient (Wildman–Crippen LogP) is 4.15. The van der Waals surface area contributed by atoms with Gasteiger partial charge in [0.15, 0.2) is 11.0 Å². The third-order valence-corrected chi connectivity index (χ3v) is 6.96. The van der Waals surface area contributed by atoms with Crippen LogP contribution in [0.5, 0.6) is 5.88 Å². The van der Waals surface area contributed by atoms with Gasteiger partial charge in [0.25, 0.3) is 5.91 Å². The largest absolute Gasteiger partial charge is 0.475 e. The summed E-state index contributed by atoms with van der Waals surface area (Å²) in [5.74, 6) is 0.680. The Kier molecular flexibility index (Phi) is 9.33. The standard InChI is InChI=1S/C27H36N6O6S/c1-6-37-20(34)15-17-9-11-32(12-10-17)19-8-7-18(16-28-19)33-13-14-38-23-21(24(33)35)22(29-25(31-23)40-5)30-26(36)39-27(2,3)4/h7-8,16-17H,6,9-15H2,1-5H3,(H,29,30,31,36). The fourth-order valence-electron chi connectivity index (χ4n) is 4.56. The lowest BCUT2D eigenvalue weighted by Gasteiger charge is -2.32. The maximum Gasteiger partial charge on any atom is 0.413 e. The van der Waals surface area contributed by atoms with Crippen molar-refractivity contribution in [3.8, 4) is 5.88 Å². The number of rotatable bonds is 7. The number of carbonyl (C=O) groups excluding carboxylic acids is 3. The van der Waals surface area contributed by atoms with Gasteiger partial charge in [-0.3, -0.25) is 14.9 Å². The van der Waals surface area contributed by atoms with E-state index in [-0.39, 0.29) is 36.4 Å². The summed E-state index contributed by atoms with van der Waals surface area (Å²) in [6.45, 7) is 9.50. The van der Waals surface area contributed by atoms with E-state index in [1.807, 2.05) is 19.1 Å². The second kappa shape index (κ2) is 12.7. The molecule has 2 aliphatic heterocycles. The normalized spacial score (nSPS) is 16.1. The van der Waals surface area contributed by atoms with Crippen LogP contribution in [0.2, 0.25) is 0 Å². The molecule has 1 saturated heterocycles. The third-order valence-electron chi connectivity index (χ3n) is 6.41. The molecule has 0 unspecified atom stereocenters. The molecule has 0 aromatic carbocycles. The van der Waals surface area contributed by atoms with Gasteiger partial charge in [-0.1, -0.05) is 11.8 Å². The molecule has 0 atom stereocenters. The minimum absolute atomic E-state index is 0.0239. The number of nitrogens with zero attached hydrogens (tertiary/aromatic N) is 5. The van der Waals surface area contributed by atoms with Gasteiger partial charge in [-0.15, -0.1) is 0 Å². The average Bonchev–Trinajstić information content (AvgIpc) is 3.07. The lowest BCUT2D eigenvalue weighted by molar-refractivity contribution is -0.144. The number of hydrogen-bond donors (Lipinski definition) is 1. The first kappa shape index (κ1) is 29.4.